The van der Waals surface area contributed by atoms with Gasteiger partial charge in [-0.3, -0.25) is 14.4 Å². The maximum Gasteiger partial charge on any atom is 0.326 e. The van der Waals surface area contributed by atoms with Crippen LogP contribution in [0.4, 0.5) is 0 Å². The highest BCUT2D eigenvalue weighted by atomic mass is 16.4. The van der Waals surface area contributed by atoms with E-state index in [-0.39, 0.29) is 18.9 Å². The molecule has 0 aromatic heterocycles. The van der Waals surface area contributed by atoms with Crippen molar-refractivity contribution >= 4 is 23.7 Å². The summed E-state index contributed by atoms with van der Waals surface area (Å²) in [6.07, 6.45) is 1.16. The third kappa shape index (κ3) is 6.43. The molecule has 160 valence electrons. The van der Waals surface area contributed by atoms with Gasteiger partial charge in [0.1, 0.15) is 24.2 Å². The molecule has 0 spiro atoms. The van der Waals surface area contributed by atoms with Crippen molar-refractivity contribution in [2.75, 3.05) is 19.8 Å². The largest absolute Gasteiger partial charge is 0.480 e. The van der Waals surface area contributed by atoms with Crippen molar-refractivity contribution in [3.63, 3.8) is 0 Å². The van der Waals surface area contributed by atoms with Crippen molar-refractivity contribution in [3.8, 4) is 0 Å². The quantitative estimate of drug-likeness (QED) is 0.230. The molecule has 7 N–H and O–H groups in total. The van der Waals surface area contributed by atoms with Gasteiger partial charge in [0, 0.05) is 6.54 Å². The fourth-order valence-corrected chi connectivity index (χ4v) is 3.01. The van der Waals surface area contributed by atoms with Crippen molar-refractivity contribution in [1.29, 1.82) is 0 Å². The first kappa shape index (κ1) is 23.8. The SMILES string of the molecule is CC(C)CC(NC(=O)C(CO)NC(=O)C(N)CO)C(=O)N1CCCC1C(=O)O. The fourth-order valence-electron chi connectivity index (χ4n) is 3.01. The van der Waals surface area contributed by atoms with Crippen LogP contribution in [-0.2, 0) is 19.2 Å². The van der Waals surface area contributed by atoms with Crippen LogP contribution in [0.25, 0.3) is 0 Å². The number of nitrogens with one attached hydrogen (secondary N) is 2. The van der Waals surface area contributed by atoms with Crippen LogP contribution in [0.3, 0.4) is 0 Å². The minimum atomic E-state index is -1.36. The molecule has 1 aliphatic heterocycles. The molecule has 0 aromatic carbocycles. The van der Waals surface area contributed by atoms with Gasteiger partial charge in [0.2, 0.25) is 17.7 Å². The van der Waals surface area contributed by atoms with Crippen LogP contribution in [0.15, 0.2) is 0 Å². The summed E-state index contributed by atoms with van der Waals surface area (Å²) in [4.78, 5) is 49.7. The fraction of sp³-hybridized carbons (Fsp3) is 0.765. The van der Waals surface area contributed by atoms with E-state index in [0.29, 0.717) is 12.8 Å². The number of amides is 3. The summed E-state index contributed by atoms with van der Waals surface area (Å²) in [6, 6.07) is -4.54. The molecule has 1 aliphatic rings. The van der Waals surface area contributed by atoms with Gasteiger partial charge in [-0.05, 0) is 25.2 Å². The Kier molecular flexibility index (Phi) is 9.29. The molecule has 1 heterocycles. The van der Waals surface area contributed by atoms with Crippen molar-refractivity contribution in [2.24, 2.45) is 11.7 Å². The number of hydrogen-bond donors (Lipinski definition) is 6. The summed E-state index contributed by atoms with van der Waals surface area (Å²) < 4.78 is 0. The number of aliphatic hydroxyl groups excluding tert-OH is 2. The van der Waals surface area contributed by atoms with Crippen molar-refractivity contribution in [1.82, 2.24) is 15.5 Å². The first-order valence-corrected chi connectivity index (χ1v) is 9.23. The highest BCUT2D eigenvalue weighted by Gasteiger charge is 2.38. The topological polar surface area (TPSA) is 182 Å². The minimum Gasteiger partial charge on any atom is -0.480 e. The molecule has 0 radical (unpaired) electrons. The number of carboxylic acids is 1. The minimum absolute atomic E-state index is 0.0186. The van der Waals surface area contributed by atoms with E-state index in [2.05, 4.69) is 10.6 Å². The van der Waals surface area contributed by atoms with Crippen LogP contribution in [0.5, 0.6) is 0 Å². The number of carbonyl (C=O) groups excluding carboxylic acids is 3. The van der Waals surface area contributed by atoms with Crippen LogP contribution >= 0.6 is 0 Å². The Hall–Kier alpha value is -2.24. The van der Waals surface area contributed by atoms with E-state index in [9.17, 15) is 29.4 Å². The number of rotatable bonds is 10. The Morgan fingerprint density at radius 1 is 1.07 bits per heavy atom. The molecule has 0 saturated carbocycles. The molecule has 4 unspecified atom stereocenters. The molecular formula is C17H30N4O7. The number of hydrogen-bond acceptors (Lipinski definition) is 7. The van der Waals surface area contributed by atoms with Crippen LogP contribution < -0.4 is 16.4 Å². The van der Waals surface area contributed by atoms with Crippen molar-refractivity contribution in [2.45, 2.75) is 57.3 Å². The van der Waals surface area contributed by atoms with Crippen molar-refractivity contribution in [3.05, 3.63) is 0 Å². The molecule has 0 aliphatic carbocycles. The predicted molar refractivity (Wildman–Crippen MR) is 97.8 cm³/mol. The second-order valence-electron chi connectivity index (χ2n) is 7.25. The van der Waals surface area contributed by atoms with Gasteiger partial charge in [0.25, 0.3) is 0 Å². The van der Waals surface area contributed by atoms with Crippen LogP contribution in [-0.4, -0.2) is 87.8 Å². The van der Waals surface area contributed by atoms with Gasteiger partial charge in [0.05, 0.1) is 13.2 Å². The molecule has 28 heavy (non-hydrogen) atoms. The van der Waals surface area contributed by atoms with Gasteiger partial charge in [0.15, 0.2) is 0 Å². The number of carbonyl (C=O) groups is 4. The lowest BCUT2D eigenvalue weighted by Gasteiger charge is -2.29. The monoisotopic (exact) mass is 402 g/mol. The first-order chi connectivity index (χ1) is 13.1. The number of nitrogens with zero attached hydrogens (tertiary/aromatic N) is 1. The second-order valence-corrected chi connectivity index (χ2v) is 7.25. The Labute approximate surface area is 163 Å². The van der Waals surface area contributed by atoms with E-state index in [1.54, 1.807) is 0 Å². The summed E-state index contributed by atoms with van der Waals surface area (Å²) >= 11 is 0. The van der Waals surface area contributed by atoms with E-state index in [1.165, 1.54) is 4.90 Å². The summed E-state index contributed by atoms with van der Waals surface area (Å²) in [6.45, 7) is 2.60. The zero-order valence-electron chi connectivity index (χ0n) is 16.1. The van der Waals surface area contributed by atoms with Gasteiger partial charge < -0.3 is 36.6 Å². The standard InChI is InChI=1S/C17H30N4O7/c1-9(2)6-11(16(26)21-5-3-4-13(21)17(27)28)19-15(25)12(8-23)20-14(24)10(18)7-22/h9-13,22-23H,3-8,18H2,1-2H3,(H,19,25)(H,20,24)(H,27,28). The number of aliphatic hydroxyl groups is 2. The van der Waals surface area contributed by atoms with E-state index in [0.717, 1.165) is 0 Å². The molecule has 11 heteroatoms. The second kappa shape index (κ2) is 10.9. The predicted octanol–water partition coefficient (Wildman–Crippen LogP) is -2.61. The molecule has 0 aromatic rings. The third-order valence-electron chi connectivity index (χ3n) is 4.49. The number of nitrogens with two attached hydrogens (primary N) is 1. The smallest absolute Gasteiger partial charge is 0.326 e. The normalized spacial score (nSPS) is 19.8. The maximum atomic E-state index is 12.9. The lowest BCUT2D eigenvalue weighted by atomic mass is 10.0. The summed E-state index contributed by atoms with van der Waals surface area (Å²) in [5.41, 5.74) is 5.37. The van der Waals surface area contributed by atoms with Crippen LogP contribution in [0, 0.1) is 5.92 Å². The first-order valence-electron chi connectivity index (χ1n) is 9.23. The van der Waals surface area contributed by atoms with Gasteiger partial charge in [-0.1, -0.05) is 13.8 Å². The maximum absolute atomic E-state index is 12.9. The highest BCUT2D eigenvalue weighted by Crippen LogP contribution is 2.20. The third-order valence-corrected chi connectivity index (χ3v) is 4.49. The molecule has 4 atom stereocenters. The molecular weight excluding hydrogens is 372 g/mol. The number of aliphatic carboxylic acids is 1. The van der Waals surface area contributed by atoms with E-state index in [4.69, 9.17) is 10.8 Å². The Morgan fingerprint density at radius 3 is 2.18 bits per heavy atom. The molecule has 0 bridgehead atoms. The molecule has 3 amide bonds. The summed E-state index contributed by atoms with van der Waals surface area (Å²) in [5.74, 6) is -3.22. The van der Waals surface area contributed by atoms with E-state index in [1.807, 2.05) is 13.8 Å². The molecule has 11 nitrogen and oxygen atoms in total. The Bertz CT molecular complexity index is 584. The van der Waals surface area contributed by atoms with E-state index >= 15 is 0 Å². The number of carboxylic acid groups (broad SMARTS) is 1. The Balaban J connectivity index is 2.89. The summed E-state index contributed by atoms with van der Waals surface area (Å²) in [5, 5.41) is 32.3. The van der Waals surface area contributed by atoms with Crippen LogP contribution in [0.2, 0.25) is 0 Å². The average molecular weight is 402 g/mol. The lowest BCUT2D eigenvalue weighted by molar-refractivity contribution is -0.149. The lowest BCUT2D eigenvalue weighted by Crippen LogP contribution is -2.58. The highest BCUT2D eigenvalue weighted by molar-refractivity contribution is 5.94. The molecule has 1 rings (SSSR count). The average Bonchev–Trinajstić information content (AvgIpc) is 3.13. The summed E-state index contributed by atoms with van der Waals surface area (Å²) in [7, 11) is 0. The Morgan fingerprint density at radius 2 is 1.68 bits per heavy atom. The van der Waals surface area contributed by atoms with Gasteiger partial charge in [-0.2, -0.15) is 0 Å². The van der Waals surface area contributed by atoms with Crippen LogP contribution in [0.1, 0.15) is 33.1 Å². The van der Waals surface area contributed by atoms with Gasteiger partial charge in [-0.15, -0.1) is 0 Å². The van der Waals surface area contributed by atoms with Gasteiger partial charge in [-0.25, -0.2) is 4.79 Å². The molecule has 1 fully saturated rings. The van der Waals surface area contributed by atoms with Crippen molar-refractivity contribution < 1.29 is 34.5 Å². The molecule has 1 saturated heterocycles. The van der Waals surface area contributed by atoms with Gasteiger partial charge >= 0.3 is 5.97 Å². The zero-order chi connectivity index (χ0) is 21.4. The zero-order valence-corrected chi connectivity index (χ0v) is 16.1. The number of likely N-dealkylation sites (tertiary alicyclic amines) is 1. The van der Waals surface area contributed by atoms with E-state index < -0.39 is 61.1 Å².